The zero-order valence-electron chi connectivity index (χ0n) is 9.62. The zero-order valence-corrected chi connectivity index (χ0v) is 10.4. The fourth-order valence-corrected chi connectivity index (χ4v) is 2.26. The van der Waals surface area contributed by atoms with E-state index in [-0.39, 0.29) is 0 Å². The van der Waals surface area contributed by atoms with Crippen LogP contribution in [0.5, 0.6) is 0 Å². The summed E-state index contributed by atoms with van der Waals surface area (Å²) >= 11 is 1.56. The fourth-order valence-electron chi connectivity index (χ4n) is 1.43. The Balaban J connectivity index is 3.05. The number of aromatic carboxylic acids is 1. The Bertz CT molecular complexity index is 366. The topological polar surface area (TPSA) is 49.3 Å². The molecule has 0 aliphatic heterocycles. The van der Waals surface area contributed by atoms with Crippen LogP contribution >= 0.6 is 11.8 Å². The molecule has 0 radical (unpaired) electrons. The van der Waals surface area contributed by atoms with Crippen molar-refractivity contribution in [3.05, 3.63) is 23.8 Å². The van der Waals surface area contributed by atoms with Gasteiger partial charge in [0.25, 0.3) is 0 Å². The van der Waals surface area contributed by atoms with Crippen LogP contribution in [0.1, 0.15) is 30.6 Å². The lowest BCUT2D eigenvalue weighted by Crippen LogP contribution is -2.08. The molecule has 0 heterocycles. The predicted molar refractivity (Wildman–Crippen MR) is 68.6 cm³/mol. The van der Waals surface area contributed by atoms with Gasteiger partial charge in [0.2, 0.25) is 0 Å². The van der Waals surface area contributed by atoms with Crippen molar-refractivity contribution >= 4 is 23.4 Å². The van der Waals surface area contributed by atoms with Crippen molar-refractivity contribution < 1.29 is 9.90 Å². The molecule has 2 N–H and O–H groups in total. The first-order valence-electron chi connectivity index (χ1n) is 5.43. The van der Waals surface area contributed by atoms with Crippen molar-refractivity contribution in [2.24, 2.45) is 0 Å². The summed E-state index contributed by atoms with van der Waals surface area (Å²) in [4.78, 5) is 12.1. The van der Waals surface area contributed by atoms with E-state index < -0.39 is 5.97 Å². The molecule has 3 nitrogen and oxygen atoms in total. The highest BCUT2D eigenvalue weighted by molar-refractivity contribution is 7.99. The van der Waals surface area contributed by atoms with Crippen molar-refractivity contribution in [3.63, 3.8) is 0 Å². The van der Waals surface area contributed by atoms with Gasteiger partial charge in [-0.25, -0.2) is 4.79 Å². The van der Waals surface area contributed by atoms with E-state index in [0.29, 0.717) is 11.3 Å². The average molecular weight is 239 g/mol. The third-order valence-electron chi connectivity index (χ3n) is 2.11. The van der Waals surface area contributed by atoms with Gasteiger partial charge in [0.05, 0.1) is 5.56 Å². The molecule has 16 heavy (non-hydrogen) atoms. The molecule has 0 aliphatic carbocycles. The number of hydrogen-bond donors (Lipinski definition) is 2. The number of rotatable bonds is 6. The summed E-state index contributed by atoms with van der Waals surface area (Å²) in [5.74, 6) is 0.00693. The van der Waals surface area contributed by atoms with Gasteiger partial charge in [-0.1, -0.05) is 19.9 Å². The van der Waals surface area contributed by atoms with E-state index >= 15 is 0 Å². The van der Waals surface area contributed by atoms with Gasteiger partial charge in [0.15, 0.2) is 0 Å². The average Bonchev–Trinajstić information content (AvgIpc) is 2.26. The molecule has 0 unspecified atom stereocenters. The molecule has 1 rings (SSSR count). The zero-order chi connectivity index (χ0) is 12.0. The normalized spacial score (nSPS) is 10.1. The van der Waals surface area contributed by atoms with E-state index in [1.54, 1.807) is 11.8 Å². The highest BCUT2D eigenvalue weighted by Crippen LogP contribution is 2.28. The largest absolute Gasteiger partial charge is 0.478 e. The molecule has 88 valence electrons. The van der Waals surface area contributed by atoms with Gasteiger partial charge < -0.3 is 10.4 Å². The number of carboxylic acid groups (broad SMARTS) is 1. The standard InChI is InChI=1S/C12H17NO2S/c1-3-8-13-9-6-5-7-10(16-4-2)11(9)12(14)15/h5-7,13H,3-4,8H2,1-2H3,(H,14,15). The van der Waals surface area contributed by atoms with Crippen LogP contribution in [-0.2, 0) is 0 Å². The molecule has 0 bridgehead atoms. The second-order valence-electron chi connectivity index (χ2n) is 3.34. The molecular weight excluding hydrogens is 222 g/mol. The van der Waals surface area contributed by atoms with Gasteiger partial charge >= 0.3 is 5.97 Å². The second-order valence-corrected chi connectivity index (χ2v) is 4.65. The molecule has 0 spiro atoms. The minimum Gasteiger partial charge on any atom is -0.478 e. The van der Waals surface area contributed by atoms with Gasteiger partial charge in [-0.05, 0) is 24.3 Å². The number of nitrogens with one attached hydrogen (secondary N) is 1. The quantitative estimate of drug-likeness (QED) is 0.748. The summed E-state index contributed by atoms with van der Waals surface area (Å²) in [6.07, 6.45) is 0.976. The molecule has 0 fully saturated rings. The monoisotopic (exact) mass is 239 g/mol. The van der Waals surface area contributed by atoms with Gasteiger partial charge in [-0.15, -0.1) is 11.8 Å². The summed E-state index contributed by atoms with van der Waals surface area (Å²) in [5, 5.41) is 12.4. The molecule has 1 aromatic rings. The van der Waals surface area contributed by atoms with Crippen molar-refractivity contribution in [1.82, 2.24) is 0 Å². The maximum Gasteiger partial charge on any atom is 0.338 e. The number of hydrogen-bond acceptors (Lipinski definition) is 3. The van der Waals surface area contributed by atoms with Crippen LogP contribution in [0.4, 0.5) is 5.69 Å². The van der Waals surface area contributed by atoms with Crippen LogP contribution in [0.3, 0.4) is 0 Å². The maximum atomic E-state index is 11.2. The van der Waals surface area contributed by atoms with Crippen molar-refractivity contribution in [2.75, 3.05) is 17.6 Å². The van der Waals surface area contributed by atoms with E-state index in [0.717, 1.165) is 23.6 Å². The van der Waals surface area contributed by atoms with Gasteiger partial charge in [-0.2, -0.15) is 0 Å². The summed E-state index contributed by atoms with van der Waals surface area (Å²) < 4.78 is 0. The van der Waals surface area contributed by atoms with Crippen LogP contribution < -0.4 is 5.32 Å². The Morgan fingerprint density at radius 3 is 2.75 bits per heavy atom. The highest BCUT2D eigenvalue weighted by atomic mass is 32.2. The lowest BCUT2D eigenvalue weighted by Gasteiger charge is -2.11. The molecule has 0 saturated heterocycles. The first-order valence-corrected chi connectivity index (χ1v) is 6.42. The van der Waals surface area contributed by atoms with E-state index in [1.165, 1.54) is 0 Å². The molecule has 1 aromatic carbocycles. The van der Waals surface area contributed by atoms with Gasteiger partial charge in [-0.3, -0.25) is 0 Å². The lowest BCUT2D eigenvalue weighted by atomic mass is 10.1. The molecular formula is C12H17NO2S. The Kier molecular flexibility index (Phi) is 5.19. The summed E-state index contributed by atoms with van der Waals surface area (Å²) in [5.41, 5.74) is 1.11. The molecule has 0 aliphatic rings. The molecule has 0 aromatic heterocycles. The number of carbonyl (C=O) groups is 1. The van der Waals surface area contributed by atoms with E-state index in [2.05, 4.69) is 12.2 Å². The Morgan fingerprint density at radius 2 is 2.19 bits per heavy atom. The first kappa shape index (κ1) is 12.9. The van der Waals surface area contributed by atoms with Crippen LogP contribution in [0.2, 0.25) is 0 Å². The lowest BCUT2D eigenvalue weighted by molar-refractivity contribution is 0.0694. The van der Waals surface area contributed by atoms with Crippen LogP contribution in [0.25, 0.3) is 0 Å². The summed E-state index contributed by atoms with van der Waals surface area (Å²) in [7, 11) is 0. The number of benzene rings is 1. The summed E-state index contributed by atoms with van der Waals surface area (Å²) in [6, 6.07) is 5.57. The van der Waals surface area contributed by atoms with E-state index in [4.69, 9.17) is 0 Å². The third-order valence-corrected chi connectivity index (χ3v) is 3.05. The summed E-state index contributed by atoms with van der Waals surface area (Å²) in [6.45, 7) is 4.86. The van der Waals surface area contributed by atoms with Crippen LogP contribution in [0.15, 0.2) is 23.1 Å². The minimum atomic E-state index is -0.866. The van der Waals surface area contributed by atoms with Crippen molar-refractivity contribution in [1.29, 1.82) is 0 Å². The van der Waals surface area contributed by atoms with Crippen molar-refractivity contribution in [3.8, 4) is 0 Å². The SMILES string of the molecule is CCCNc1cccc(SCC)c1C(=O)O. The highest BCUT2D eigenvalue weighted by Gasteiger charge is 2.14. The molecule has 0 saturated carbocycles. The van der Waals surface area contributed by atoms with Gasteiger partial charge in [0.1, 0.15) is 0 Å². The maximum absolute atomic E-state index is 11.2. The van der Waals surface area contributed by atoms with E-state index in [1.807, 2.05) is 25.1 Å². The number of carboxylic acids is 1. The van der Waals surface area contributed by atoms with Crippen LogP contribution in [-0.4, -0.2) is 23.4 Å². The Morgan fingerprint density at radius 1 is 1.44 bits per heavy atom. The van der Waals surface area contributed by atoms with Gasteiger partial charge in [0, 0.05) is 17.1 Å². The van der Waals surface area contributed by atoms with Crippen molar-refractivity contribution in [2.45, 2.75) is 25.2 Å². The Labute approximate surface area is 100 Å². The van der Waals surface area contributed by atoms with Crippen LogP contribution in [0, 0.1) is 0 Å². The number of anilines is 1. The smallest absolute Gasteiger partial charge is 0.338 e. The molecule has 0 amide bonds. The second kappa shape index (κ2) is 6.43. The van der Waals surface area contributed by atoms with E-state index in [9.17, 15) is 9.90 Å². The number of thioether (sulfide) groups is 1. The minimum absolute atomic E-state index is 0.391. The fraction of sp³-hybridized carbons (Fsp3) is 0.417. The third kappa shape index (κ3) is 3.17. The molecule has 0 atom stereocenters. The Hall–Kier alpha value is -1.16. The first-order chi connectivity index (χ1) is 7.70. The molecule has 4 heteroatoms. The predicted octanol–water partition coefficient (Wildman–Crippen LogP) is 3.32.